The number of rotatable bonds is 9. The number of aliphatic hydroxyl groups excluding tert-OH is 2. The first kappa shape index (κ1) is 25.3. The first-order valence-electron chi connectivity index (χ1n) is 9.68. The highest BCUT2D eigenvalue weighted by atomic mass is 32.2. The number of hydrogen-bond donors (Lipinski definition) is 5. The third kappa shape index (κ3) is 8.30. The van der Waals surface area contributed by atoms with Crippen molar-refractivity contribution in [3.05, 3.63) is 65.2 Å². The second-order valence-corrected chi connectivity index (χ2v) is 9.40. The van der Waals surface area contributed by atoms with Crippen molar-refractivity contribution in [2.75, 3.05) is 18.6 Å². The molecule has 1 unspecified atom stereocenters. The van der Waals surface area contributed by atoms with E-state index in [1.54, 1.807) is 54.0 Å². The smallest absolute Gasteiger partial charge is 0.251 e. The lowest BCUT2D eigenvalue weighted by molar-refractivity contribution is -0.0463. The topological polar surface area (TPSA) is 145 Å². The molecular weight excluding hydrogens is 436 g/mol. The van der Waals surface area contributed by atoms with E-state index < -0.39 is 34.1 Å². The first-order chi connectivity index (χ1) is 15.1. The Morgan fingerprint density at radius 2 is 1.56 bits per heavy atom. The quantitative estimate of drug-likeness (QED) is 0.203. The molecule has 2 rings (SSSR count). The average Bonchev–Trinajstić information content (AvgIpc) is 2.75. The van der Waals surface area contributed by atoms with Gasteiger partial charge in [-0.1, -0.05) is 11.8 Å². The van der Waals surface area contributed by atoms with Crippen molar-refractivity contribution in [2.45, 2.75) is 25.3 Å². The summed E-state index contributed by atoms with van der Waals surface area (Å²) in [4.78, 5) is 12.3. The molecule has 0 bridgehead atoms. The molecule has 0 radical (unpaired) electrons. The van der Waals surface area contributed by atoms with Gasteiger partial charge in [0.2, 0.25) is 0 Å². The Morgan fingerprint density at radius 3 is 2.03 bits per heavy atom. The van der Waals surface area contributed by atoms with Crippen LogP contribution in [0.15, 0.2) is 48.5 Å². The molecule has 0 saturated carbocycles. The van der Waals surface area contributed by atoms with Gasteiger partial charge in [0.05, 0.1) is 17.9 Å². The lowest BCUT2D eigenvalue weighted by Crippen LogP contribution is -2.54. The van der Waals surface area contributed by atoms with Crippen molar-refractivity contribution in [3.8, 4) is 17.6 Å². The Labute approximate surface area is 186 Å². The molecule has 172 valence electrons. The highest BCUT2D eigenvalue weighted by Gasteiger charge is 2.25. The number of hydroxylamine groups is 1. The van der Waals surface area contributed by atoms with Gasteiger partial charge in [-0.05, 0) is 55.5 Å². The van der Waals surface area contributed by atoms with E-state index in [0.29, 0.717) is 16.9 Å². The van der Waals surface area contributed by atoms with Gasteiger partial charge < -0.3 is 25.5 Å². The van der Waals surface area contributed by atoms with Crippen LogP contribution in [0.4, 0.5) is 0 Å². The van der Waals surface area contributed by atoms with Crippen LogP contribution in [-0.4, -0.2) is 66.7 Å². The van der Waals surface area contributed by atoms with Gasteiger partial charge in [0.15, 0.2) is 9.84 Å². The standard InChI is InChI=1S/C22H26N2O7S/c1-15(25)20(22(27)24-28)23-21(26)18-9-5-16(6-10-18)3-4-17-7-11-19(12-8-17)31-13-14-32(2,29)30/h5-12,15,20,22,24-25,27-28H,13-14H2,1-2H3,(H,23,26)/t15-,20+,22?/m1/s1. The summed E-state index contributed by atoms with van der Waals surface area (Å²) in [5.74, 6) is 5.92. The lowest BCUT2D eigenvalue weighted by Gasteiger charge is -2.25. The number of amides is 1. The molecule has 3 atom stereocenters. The number of benzene rings is 2. The normalized spacial score (nSPS) is 13.9. The van der Waals surface area contributed by atoms with Gasteiger partial charge in [-0.2, -0.15) is 5.48 Å². The summed E-state index contributed by atoms with van der Waals surface area (Å²) in [6.45, 7) is 1.45. The second-order valence-electron chi connectivity index (χ2n) is 7.14. The zero-order chi connectivity index (χ0) is 23.7. The van der Waals surface area contributed by atoms with Gasteiger partial charge in [0.25, 0.3) is 5.91 Å². The fraction of sp³-hybridized carbons (Fsp3) is 0.318. The van der Waals surface area contributed by atoms with E-state index in [1.807, 2.05) is 0 Å². The van der Waals surface area contributed by atoms with Crippen LogP contribution < -0.4 is 15.5 Å². The van der Waals surface area contributed by atoms with Crippen LogP contribution in [-0.2, 0) is 9.84 Å². The minimum Gasteiger partial charge on any atom is -0.493 e. The minimum atomic E-state index is -3.07. The van der Waals surface area contributed by atoms with Crippen molar-refractivity contribution < 1.29 is 33.4 Å². The summed E-state index contributed by atoms with van der Waals surface area (Å²) in [6, 6.07) is 12.2. The molecule has 2 aromatic carbocycles. The molecule has 0 spiro atoms. The first-order valence-corrected chi connectivity index (χ1v) is 11.7. The summed E-state index contributed by atoms with van der Waals surface area (Å²) >= 11 is 0. The number of hydrogen-bond acceptors (Lipinski definition) is 8. The maximum absolute atomic E-state index is 12.3. The number of carbonyl (C=O) groups is 1. The van der Waals surface area contributed by atoms with Gasteiger partial charge in [0, 0.05) is 22.9 Å². The Hall–Kier alpha value is -2.94. The summed E-state index contributed by atoms with van der Waals surface area (Å²) in [7, 11) is -3.07. The SMILES string of the molecule is C[C@@H](O)[C@H](NC(=O)c1ccc(C#Cc2ccc(OCCS(C)(=O)=O)cc2)cc1)C(O)NO. The molecule has 0 aromatic heterocycles. The highest BCUT2D eigenvalue weighted by molar-refractivity contribution is 7.90. The van der Waals surface area contributed by atoms with E-state index in [9.17, 15) is 23.4 Å². The average molecular weight is 463 g/mol. The molecular formula is C22H26N2O7S. The van der Waals surface area contributed by atoms with E-state index in [0.717, 1.165) is 11.8 Å². The van der Waals surface area contributed by atoms with Crippen LogP contribution in [0.1, 0.15) is 28.4 Å². The van der Waals surface area contributed by atoms with Crippen LogP contribution in [0, 0.1) is 11.8 Å². The van der Waals surface area contributed by atoms with Crippen molar-refractivity contribution in [1.82, 2.24) is 10.8 Å². The molecule has 2 aromatic rings. The van der Waals surface area contributed by atoms with Crippen molar-refractivity contribution in [3.63, 3.8) is 0 Å². The summed E-state index contributed by atoms with van der Waals surface area (Å²) in [5, 5.41) is 30.5. The van der Waals surface area contributed by atoms with Gasteiger partial charge in [-0.3, -0.25) is 4.79 Å². The zero-order valence-electron chi connectivity index (χ0n) is 17.6. The second kappa shape index (κ2) is 11.6. The van der Waals surface area contributed by atoms with E-state index in [-0.39, 0.29) is 12.4 Å². The van der Waals surface area contributed by atoms with Crippen molar-refractivity contribution in [2.24, 2.45) is 0 Å². The lowest BCUT2D eigenvalue weighted by atomic mass is 10.1. The predicted octanol–water partition coefficient (Wildman–Crippen LogP) is 0.286. The molecule has 0 heterocycles. The maximum atomic E-state index is 12.3. The number of ether oxygens (including phenoxy) is 1. The molecule has 0 aliphatic rings. The molecule has 10 heteroatoms. The fourth-order valence-electron chi connectivity index (χ4n) is 2.57. The Morgan fingerprint density at radius 1 is 1.03 bits per heavy atom. The van der Waals surface area contributed by atoms with Gasteiger partial charge in [-0.25, -0.2) is 8.42 Å². The molecule has 0 aliphatic heterocycles. The van der Waals surface area contributed by atoms with E-state index in [4.69, 9.17) is 9.94 Å². The van der Waals surface area contributed by atoms with Gasteiger partial charge in [-0.15, -0.1) is 0 Å². The van der Waals surface area contributed by atoms with Crippen molar-refractivity contribution in [1.29, 1.82) is 0 Å². The fourth-order valence-corrected chi connectivity index (χ4v) is 2.96. The zero-order valence-corrected chi connectivity index (χ0v) is 18.5. The molecule has 0 saturated heterocycles. The van der Waals surface area contributed by atoms with Gasteiger partial charge in [0.1, 0.15) is 18.6 Å². The van der Waals surface area contributed by atoms with Crippen LogP contribution in [0.3, 0.4) is 0 Å². The van der Waals surface area contributed by atoms with Crippen LogP contribution in [0.5, 0.6) is 5.75 Å². The van der Waals surface area contributed by atoms with Crippen molar-refractivity contribution >= 4 is 15.7 Å². The molecule has 32 heavy (non-hydrogen) atoms. The molecule has 1 amide bonds. The molecule has 5 N–H and O–H groups in total. The van der Waals surface area contributed by atoms with Crippen LogP contribution >= 0.6 is 0 Å². The Balaban J connectivity index is 1.97. The van der Waals surface area contributed by atoms with E-state index in [1.165, 1.54) is 6.92 Å². The third-order valence-corrected chi connectivity index (χ3v) is 5.27. The monoisotopic (exact) mass is 462 g/mol. The van der Waals surface area contributed by atoms with Gasteiger partial charge >= 0.3 is 0 Å². The van der Waals surface area contributed by atoms with Crippen LogP contribution in [0.2, 0.25) is 0 Å². The minimum absolute atomic E-state index is 0.0544. The number of nitrogens with one attached hydrogen (secondary N) is 2. The number of aliphatic hydroxyl groups is 2. The molecule has 0 aliphatic carbocycles. The largest absolute Gasteiger partial charge is 0.493 e. The number of sulfone groups is 1. The third-order valence-electron chi connectivity index (χ3n) is 4.37. The summed E-state index contributed by atoms with van der Waals surface area (Å²) in [6.07, 6.45) is -1.48. The maximum Gasteiger partial charge on any atom is 0.251 e. The Kier molecular flexibility index (Phi) is 9.19. The highest BCUT2D eigenvalue weighted by Crippen LogP contribution is 2.12. The van der Waals surface area contributed by atoms with Crippen LogP contribution in [0.25, 0.3) is 0 Å². The molecule has 0 fully saturated rings. The predicted molar refractivity (Wildman–Crippen MR) is 118 cm³/mol. The summed E-state index contributed by atoms with van der Waals surface area (Å²) < 4.78 is 27.6. The molecule has 9 nitrogen and oxygen atoms in total. The Bertz CT molecular complexity index is 1060. The number of carbonyl (C=O) groups excluding carboxylic acids is 1. The van der Waals surface area contributed by atoms with E-state index >= 15 is 0 Å². The summed E-state index contributed by atoms with van der Waals surface area (Å²) in [5.41, 5.74) is 3.28. The van der Waals surface area contributed by atoms with E-state index in [2.05, 4.69) is 17.2 Å².